The lowest BCUT2D eigenvalue weighted by Gasteiger charge is -2.38. The van der Waals surface area contributed by atoms with Crippen molar-refractivity contribution >= 4 is 35.4 Å². The first-order valence-electron chi connectivity index (χ1n) is 19.7. The maximum atomic E-state index is 14.4. The summed E-state index contributed by atoms with van der Waals surface area (Å²) in [6, 6.07) is 25.1. The third-order valence-corrected chi connectivity index (χ3v) is 10.5. The summed E-state index contributed by atoms with van der Waals surface area (Å²) >= 11 is 0. The van der Waals surface area contributed by atoms with Gasteiger partial charge in [-0.3, -0.25) is 24.0 Å². The lowest BCUT2D eigenvalue weighted by Crippen LogP contribution is -2.61. The number of carboxylic acid groups (broad SMARTS) is 1. The summed E-state index contributed by atoms with van der Waals surface area (Å²) in [6.45, 7) is 1.46. The van der Waals surface area contributed by atoms with Gasteiger partial charge in [-0.1, -0.05) is 97.1 Å². The smallest absolute Gasteiger partial charge is 0.326 e. The monoisotopic (exact) mass is 804 g/mol. The Morgan fingerprint density at radius 3 is 1.71 bits per heavy atom. The second-order valence-corrected chi connectivity index (χ2v) is 15.0. The van der Waals surface area contributed by atoms with Crippen molar-refractivity contribution in [2.24, 2.45) is 11.5 Å². The number of nitrogens with two attached hydrogens (primary N) is 2. The molecule has 14 heteroatoms. The summed E-state index contributed by atoms with van der Waals surface area (Å²) < 4.78 is 0. The lowest BCUT2D eigenvalue weighted by molar-refractivity contribution is -0.143. The van der Waals surface area contributed by atoms with E-state index in [4.69, 9.17) is 11.5 Å². The minimum atomic E-state index is -1.32. The number of carbonyl (C=O) groups excluding carboxylic acids is 5. The number of phenolic OH excluding ortho intramolecular Hbond substituents is 1. The van der Waals surface area contributed by atoms with Crippen LogP contribution in [-0.4, -0.2) is 86.7 Å². The molecule has 9 N–H and O–H groups in total. The summed E-state index contributed by atoms with van der Waals surface area (Å²) in [6.07, 6.45) is 0.845. The molecule has 59 heavy (non-hydrogen) atoms. The van der Waals surface area contributed by atoms with E-state index < -0.39 is 65.8 Å². The van der Waals surface area contributed by atoms with Gasteiger partial charge in [-0.25, -0.2) is 4.79 Å². The Balaban J connectivity index is 1.39. The number of aliphatic carboxylic acids is 1. The van der Waals surface area contributed by atoms with Crippen molar-refractivity contribution in [3.05, 3.63) is 137 Å². The number of carbonyl (C=O) groups is 6. The number of fused-ring (bicyclic) bond motifs is 1. The van der Waals surface area contributed by atoms with Crippen molar-refractivity contribution < 1.29 is 39.0 Å². The molecule has 310 valence electrons. The molecule has 1 heterocycles. The molecule has 0 aromatic heterocycles. The number of amides is 4. The van der Waals surface area contributed by atoms with E-state index in [1.54, 1.807) is 66.7 Å². The second-order valence-electron chi connectivity index (χ2n) is 15.0. The average Bonchev–Trinajstić information content (AvgIpc) is 3.23. The maximum Gasteiger partial charge on any atom is 0.326 e. The SMILES string of the molecule is CC(=O)C(N)CCCC(NC(=O)C(Cc1ccccc1)NC(=O)C(Cc1ccccc1)NC(=O)C1Cc2ccccc2CN1C(=O)C(N)Cc1ccc(O)cc1)C(=O)O. The van der Waals surface area contributed by atoms with Crippen LogP contribution in [-0.2, 0) is 61.0 Å². The number of aromatic hydroxyl groups is 1. The van der Waals surface area contributed by atoms with Gasteiger partial charge in [-0.05, 0) is 72.6 Å². The Labute approximate surface area is 343 Å². The predicted molar refractivity (Wildman–Crippen MR) is 220 cm³/mol. The summed E-state index contributed by atoms with van der Waals surface area (Å²) in [5, 5.41) is 27.9. The molecule has 0 aliphatic carbocycles. The van der Waals surface area contributed by atoms with Gasteiger partial charge in [-0.15, -0.1) is 0 Å². The topological polar surface area (TPSA) is 234 Å². The van der Waals surface area contributed by atoms with E-state index in [-0.39, 0.29) is 63.0 Å². The molecule has 1 aliphatic rings. The van der Waals surface area contributed by atoms with Gasteiger partial charge in [0.05, 0.1) is 12.1 Å². The van der Waals surface area contributed by atoms with Crippen LogP contribution in [0.25, 0.3) is 0 Å². The largest absolute Gasteiger partial charge is 0.508 e. The Morgan fingerprint density at radius 2 is 1.15 bits per heavy atom. The van der Waals surface area contributed by atoms with Gasteiger partial charge >= 0.3 is 5.97 Å². The molecular weight excluding hydrogens is 753 g/mol. The van der Waals surface area contributed by atoms with Gasteiger partial charge in [0.15, 0.2) is 0 Å². The highest BCUT2D eigenvalue weighted by molar-refractivity contribution is 5.96. The fraction of sp³-hybridized carbons (Fsp3) is 0.333. The van der Waals surface area contributed by atoms with Gasteiger partial charge in [0.25, 0.3) is 0 Å². The van der Waals surface area contributed by atoms with Crippen molar-refractivity contribution in [2.75, 3.05) is 0 Å². The lowest BCUT2D eigenvalue weighted by atomic mass is 9.92. The zero-order chi connectivity index (χ0) is 42.5. The minimum Gasteiger partial charge on any atom is -0.508 e. The molecule has 4 aromatic rings. The number of hydrogen-bond donors (Lipinski definition) is 7. The highest BCUT2D eigenvalue weighted by atomic mass is 16.4. The molecule has 0 bridgehead atoms. The van der Waals surface area contributed by atoms with E-state index in [9.17, 15) is 39.0 Å². The van der Waals surface area contributed by atoms with E-state index in [2.05, 4.69) is 16.0 Å². The number of ketones is 1. The Bertz CT molecular complexity index is 2080. The third kappa shape index (κ3) is 12.6. The fourth-order valence-electron chi connectivity index (χ4n) is 7.11. The quantitative estimate of drug-likeness (QED) is 0.0731. The highest BCUT2D eigenvalue weighted by Gasteiger charge is 2.38. The number of nitrogens with zero attached hydrogens (tertiary/aromatic N) is 1. The summed E-state index contributed by atoms with van der Waals surface area (Å²) in [5.41, 5.74) is 16.1. The molecule has 6 unspecified atom stereocenters. The van der Waals surface area contributed by atoms with Crippen LogP contribution in [0.5, 0.6) is 5.75 Å². The van der Waals surface area contributed by atoms with Crippen LogP contribution in [0.1, 0.15) is 54.0 Å². The van der Waals surface area contributed by atoms with Crippen molar-refractivity contribution in [3.8, 4) is 5.75 Å². The molecule has 0 saturated carbocycles. The number of hydrogen-bond acceptors (Lipinski definition) is 9. The van der Waals surface area contributed by atoms with Crippen LogP contribution in [0.2, 0.25) is 0 Å². The maximum absolute atomic E-state index is 14.4. The molecule has 14 nitrogen and oxygen atoms in total. The second kappa shape index (κ2) is 20.9. The molecule has 1 aliphatic heterocycles. The van der Waals surface area contributed by atoms with Gasteiger partial charge in [0, 0.05) is 25.8 Å². The summed E-state index contributed by atoms with van der Waals surface area (Å²) in [7, 11) is 0. The van der Waals surface area contributed by atoms with Crippen LogP contribution >= 0.6 is 0 Å². The molecule has 0 radical (unpaired) electrons. The number of rotatable bonds is 19. The van der Waals surface area contributed by atoms with E-state index in [1.807, 2.05) is 30.3 Å². The Hall–Kier alpha value is -6.38. The van der Waals surface area contributed by atoms with Crippen LogP contribution < -0.4 is 27.4 Å². The Morgan fingerprint density at radius 1 is 0.644 bits per heavy atom. The molecule has 0 fully saturated rings. The number of Topliss-reactive ketones (excluding diaryl/α,β-unsaturated/α-hetero) is 1. The zero-order valence-corrected chi connectivity index (χ0v) is 33.0. The number of benzene rings is 4. The van der Waals surface area contributed by atoms with Gasteiger partial charge in [-0.2, -0.15) is 0 Å². The predicted octanol–water partition coefficient (Wildman–Crippen LogP) is 2.33. The first kappa shape index (κ1) is 43.7. The molecular formula is C45H52N6O8. The number of carboxylic acids is 1. The van der Waals surface area contributed by atoms with Gasteiger partial charge < -0.3 is 42.5 Å². The normalized spacial score (nSPS) is 16.0. The minimum absolute atomic E-state index is 0.000913. The van der Waals surface area contributed by atoms with Crippen LogP contribution in [0.4, 0.5) is 0 Å². The number of nitrogens with one attached hydrogen (secondary N) is 3. The summed E-state index contributed by atoms with van der Waals surface area (Å²) in [4.78, 5) is 82.0. The molecule has 4 aromatic carbocycles. The first-order chi connectivity index (χ1) is 28.3. The summed E-state index contributed by atoms with van der Waals surface area (Å²) in [5.74, 6) is -3.96. The third-order valence-electron chi connectivity index (χ3n) is 10.5. The number of phenols is 1. The van der Waals surface area contributed by atoms with E-state index in [0.29, 0.717) is 11.1 Å². The zero-order valence-electron chi connectivity index (χ0n) is 33.0. The highest BCUT2D eigenvalue weighted by Crippen LogP contribution is 2.25. The van der Waals surface area contributed by atoms with Gasteiger partial charge in [0.2, 0.25) is 23.6 Å². The van der Waals surface area contributed by atoms with Crippen LogP contribution in [0.3, 0.4) is 0 Å². The molecule has 0 saturated heterocycles. The molecule has 6 atom stereocenters. The van der Waals surface area contributed by atoms with Crippen molar-refractivity contribution in [3.63, 3.8) is 0 Å². The molecule has 5 rings (SSSR count). The Kier molecular flexibility index (Phi) is 15.5. The molecule has 4 amide bonds. The van der Waals surface area contributed by atoms with Gasteiger partial charge in [0.1, 0.15) is 35.7 Å². The van der Waals surface area contributed by atoms with Crippen molar-refractivity contribution in [1.29, 1.82) is 0 Å². The van der Waals surface area contributed by atoms with E-state index in [1.165, 1.54) is 24.0 Å². The van der Waals surface area contributed by atoms with E-state index in [0.717, 1.165) is 16.7 Å². The van der Waals surface area contributed by atoms with Crippen LogP contribution in [0, 0.1) is 0 Å². The average molecular weight is 805 g/mol. The standard InChI is InChI=1S/C45H52N6O8/c1-28(52)35(46)17-10-18-37(45(58)59)48-41(54)38(24-29-11-4-2-5-12-29)49-42(55)39(25-30-13-6-3-7-14-30)50-43(56)40-26-32-15-8-9-16-33(32)27-51(40)44(57)36(47)23-31-19-21-34(53)22-20-31/h2-9,11-16,19-22,35-40,53H,10,17-18,23-27,46-47H2,1H3,(H,48,54)(H,49,55)(H,50,56)(H,58,59). The van der Waals surface area contributed by atoms with Crippen molar-refractivity contribution in [1.82, 2.24) is 20.9 Å². The van der Waals surface area contributed by atoms with Crippen molar-refractivity contribution in [2.45, 2.75) is 94.7 Å². The van der Waals surface area contributed by atoms with E-state index >= 15 is 0 Å². The molecule has 0 spiro atoms. The first-order valence-corrected chi connectivity index (χ1v) is 19.7. The van der Waals surface area contributed by atoms with Crippen LogP contribution in [0.15, 0.2) is 109 Å². The fourth-order valence-corrected chi connectivity index (χ4v) is 7.11.